The predicted octanol–water partition coefficient (Wildman–Crippen LogP) is 6.56. The van der Waals surface area contributed by atoms with E-state index in [1.54, 1.807) is 36.4 Å². The summed E-state index contributed by atoms with van der Waals surface area (Å²) in [5, 5.41) is 6.46. The maximum Gasteiger partial charge on any atom is 0.261 e. The minimum absolute atomic E-state index is 0.166. The molecule has 0 atom stereocenters. The number of nitrogens with zero attached hydrogens (tertiary/aromatic N) is 2. The monoisotopic (exact) mass is 517 g/mol. The van der Waals surface area contributed by atoms with Crippen molar-refractivity contribution in [1.82, 2.24) is 9.97 Å². The summed E-state index contributed by atoms with van der Waals surface area (Å²) >= 11 is 0. The molecule has 8 nitrogen and oxygen atoms in total. The zero-order valence-corrected chi connectivity index (χ0v) is 22.0. The number of rotatable bonds is 11. The number of sulfonamides is 1. The normalized spacial score (nSPS) is 11.1. The molecule has 192 valence electrons. The van der Waals surface area contributed by atoms with Crippen LogP contribution in [0.4, 0.5) is 28.8 Å². The number of unbranched alkanes of at least 4 members (excludes halogenated alkanes) is 1. The van der Waals surface area contributed by atoms with Crippen molar-refractivity contribution in [3.05, 3.63) is 90.1 Å². The summed E-state index contributed by atoms with van der Waals surface area (Å²) in [6.45, 7) is 6.64. The van der Waals surface area contributed by atoms with Gasteiger partial charge in [0.2, 0.25) is 5.95 Å². The van der Waals surface area contributed by atoms with Crippen LogP contribution in [0.2, 0.25) is 0 Å². The lowest BCUT2D eigenvalue weighted by atomic mass is 10.2. The Morgan fingerprint density at radius 2 is 1.41 bits per heavy atom. The Bertz CT molecular complexity index is 1420. The molecule has 1 aromatic heterocycles. The first kappa shape index (κ1) is 26.0. The van der Waals surface area contributed by atoms with Gasteiger partial charge in [-0.3, -0.25) is 4.72 Å². The SMILES string of the molecule is CCCCOc1ccc(S(=O)(=O)Nc2ccc(Nc3nc(C)cc(Nc4ccc(C)cc4)n3)cc2)cc1. The molecule has 0 saturated carbocycles. The Labute approximate surface area is 218 Å². The molecule has 0 bridgehead atoms. The molecule has 37 heavy (non-hydrogen) atoms. The maximum atomic E-state index is 12.8. The Kier molecular flexibility index (Phi) is 8.25. The molecule has 4 rings (SSSR count). The quantitative estimate of drug-likeness (QED) is 0.193. The summed E-state index contributed by atoms with van der Waals surface area (Å²) in [5.41, 5.74) is 4.09. The fourth-order valence-corrected chi connectivity index (χ4v) is 4.55. The van der Waals surface area contributed by atoms with Crippen molar-refractivity contribution in [2.24, 2.45) is 0 Å². The lowest BCUT2D eigenvalue weighted by molar-refractivity contribution is 0.309. The molecule has 0 amide bonds. The molecule has 1 heterocycles. The first-order chi connectivity index (χ1) is 17.8. The van der Waals surface area contributed by atoms with E-state index in [0.717, 1.165) is 29.9 Å². The van der Waals surface area contributed by atoms with Gasteiger partial charge in [0.25, 0.3) is 10.0 Å². The Hall–Kier alpha value is -4.11. The molecule has 3 aromatic carbocycles. The summed E-state index contributed by atoms with van der Waals surface area (Å²) in [4.78, 5) is 9.16. The van der Waals surface area contributed by atoms with Gasteiger partial charge in [0.15, 0.2) is 0 Å². The highest BCUT2D eigenvalue weighted by molar-refractivity contribution is 7.92. The molecule has 0 saturated heterocycles. The average Bonchev–Trinajstić information content (AvgIpc) is 2.87. The summed E-state index contributed by atoms with van der Waals surface area (Å²) in [5.74, 6) is 1.76. The summed E-state index contributed by atoms with van der Waals surface area (Å²) in [6, 6.07) is 23.2. The van der Waals surface area contributed by atoms with Crippen molar-refractivity contribution in [2.45, 2.75) is 38.5 Å². The van der Waals surface area contributed by atoms with E-state index in [1.165, 1.54) is 17.7 Å². The van der Waals surface area contributed by atoms with Crippen molar-refractivity contribution in [2.75, 3.05) is 22.0 Å². The summed E-state index contributed by atoms with van der Waals surface area (Å²) in [7, 11) is -3.73. The topological polar surface area (TPSA) is 105 Å². The van der Waals surface area contributed by atoms with Crippen molar-refractivity contribution < 1.29 is 13.2 Å². The van der Waals surface area contributed by atoms with Gasteiger partial charge in [0.05, 0.1) is 11.5 Å². The van der Waals surface area contributed by atoms with Crippen LogP contribution in [0.1, 0.15) is 31.0 Å². The Balaban J connectivity index is 1.39. The van der Waals surface area contributed by atoms with Crippen molar-refractivity contribution >= 4 is 38.9 Å². The maximum absolute atomic E-state index is 12.8. The number of nitrogens with one attached hydrogen (secondary N) is 3. The van der Waals surface area contributed by atoms with Crippen LogP contribution in [0, 0.1) is 13.8 Å². The lowest BCUT2D eigenvalue weighted by Gasteiger charge is -2.12. The van der Waals surface area contributed by atoms with Gasteiger partial charge < -0.3 is 15.4 Å². The van der Waals surface area contributed by atoms with Crippen molar-refractivity contribution in [3.8, 4) is 5.75 Å². The van der Waals surface area contributed by atoms with E-state index >= 15 is 0 Å². The van der Waals surface area contributed by atoms with Crippen LogP contribution in [-0.2, 0) is 10.0 Å². The molecule has 4 aromatic rings. The molecule has 3 N–H and O–H groups in total. The number of benzene rings is 3. The molecule has 0 aliphatic rings. The minimum Gasteiger partial charge on any atom is -0.494 e. The van der Waals surface area contributed by atoms with Gasteiger partial charge in [-0.15, -0.1) is 0 Å². The van der Waals surface area contributed by atoms with Gasteiger partial charge in [0.1, 0.15) is 11.6 Å². The third-order valence-electron chi connectivity index (χ3n) is 5.47. The molecule has 0 aliphatic heterocycles. The third kappa shape index (κ3) is 7.44. The Morgan fingerprint density at radius 3 is 2.08 bits per heavy atom. The van der Waals surface area contributed by atoms with E-state index in [1.807, 2.05) is 44.2 Å². The van der Waals surface area contributed by atoms with E-state index in [2.05, 4.69) is 32.2 Å². The lowest BCUT2D eigenvalue weighted by Crippen LogP contribution is -2.13. The zero-order chi connectivity index (χ0) is 26.3. The second kappa shape index (κ2) is 11.7. The van der Waals surface area contributed by atoms with E-state index in [4.69, 9.17) is 4.74 Å². The van der Waals surface area contributed by atoms with Crippen LogP contribution in [0.15, 0.2) is 83.8 Å². The van der Waals surface area contributed by atoms with Crippen LogP contribution in [0.25, 0.3) is 0 Å². The number of aromatic nitrogens is 2. The van der Waals surface area contributed by atoms with Crippen LogP contribution >= 0.6 is 0 Å². The molecule has 0 unspecified atom stereocenters. The molecule has 0 radical (unpaired) electrons. The van der Waals surface area contributed by atoms with Gasteiger partial charge in [-0.1, -0.05) is 31.0 Å². The fraction of sp³-hybridized carbons (Fsp3) is 0.214. The van der Waals surface area contributed by atoms with E-state index < -0.39 is 10.0 Å². The van der Waals surface area contributed by atoms with Gasteiger partial charge in [-0.05, 0) is 80.9 Å². The first-order valence-corrected chi connectivity index (χ1v) is 13.6. The summed E-state index contributed by atoms with van der Waals surface area (Å²) in [6.07, 6.45) is 1.99. The number of anilines is 5. The van der Waals surface area contributed by atoms with Crippen molar-refractivity contribution in [3.63, 3.8) is 0 Å². The zero-order valence-electron chi connectivity index (χ0n) is 21.2. The van der Waals surface area contributed by atoms with Gasteiger partial charge in [-0.2, -0.15) is 4.98 Å². The largest absolute Gasteiger partial charge is 0.494 e. The molecule has 0 aliphatic carbocycles. The third-order valence-corrected chi connectivity index (χ3v) is 6.87. The Morgan fingerprint density at radius 1 is 0.784 bits per heavy atom. The highest BCUT2D eigenvalue weighted by Gasteiger charge is 2.14. The summed E-state index contributed by atoms with van der Waals surface area (Å²) < 4.78 is 33.8. The number of hydrogen-bond donors (Lipinski definition) is 3. The molecular formula is C28H31N5O3S. The standard InChI is InChI=1S/C28H31N5O3S/c1-4-5-18-36-25-14-16-26(17-15-25)37(34,35)33-24-12-10-23(11-13-24)31-28-29-21(3)19-27(32-28)30-22-8-6-20(2)7-9-22/h6-17,19,33H,4-5,18H2,1-3H3,(H2,29,30,31,32). The first-order valence-electron chi connectivity index (χ1n) is 12.1. The highest BCUT2D eigenvalue weighted by Crippen LogP contribution is 2.23. The van der Waals surface area contributed by atoms with Gasteiger partial charge >= 0.3 is 0 Å². The minimum atomic E-state index is -3.73. The van der Waals surface area contributed by atoms with E-state index in [9.17, 15) is 8.42 Å². The molecule has 0 fully saturated rings. The van der Waals surface area contributed by atoms with E-state index in [-0.39, 0.29) is 4.90 Å². The van der Waals surface area contributed by atoms with Gasteiger partial charge in [-0.25, -0.2) is 13.4 Å². The van der Waals surface area contributed by atoms with Crippen LogP contribution in [-0.4, -0.2) is 25.0 Å². The predicted molar refractivity (Wildman–Crippen MR) is 149 cm³/mol. The number of aryl methyl sites for hydroxylation is 2. The second-order valence-electron chi connectivity index (χ2n) is 8.69. The van der Waals surface area contributed by atoms with Crippen LogP contribution in [0.5, 0.6) is 5.75 Å². The average molecular weight is 518 g/mol. The molecular weight excluding hydrogens is 486 g/mol. The smallest absolute Gasteiger partial charge is 0.261 e. The second-order valence-corrected chi connectivity index (χ2v) is 10.4. The van der Waals surface area contributed by atoms with E-state index in [0.29, 0.717) is 29.8 Å². The fourth-order valence-electron chi connectivity index (χ4n) is 3.49. The number of ether oxygens (including phenoxy) is 1. The van der Waals surface area contributed by atoms with Crippen LogP contribution < -0.4 is 20.1 Å². The van der Waals surface area contributed by atoms with Gasteiger partial charge in [0, 0.05) is 28.8 Å². The highest BCUT2D eigenvalue weighted by atomic mass is 32.2. The molecule has 9 heteroatoms. The van der Waals surface area contributed by atoms with Crippen molar-refractivity contribution in [1.29, 1.82) is 0 Å². The van der Waals surface area contributed by atoms with Crippen LogP contribution in [0.3, 0.4) is 0 Å². The number of hydrogen-bond acceptors (Lipinski definition) is 7. The molecule has 0 spiro atoms.